The lowest BCUT2D eigenvalue weighted by Crippen LogP contribution is -2.37. The van der Waals surface area contributed by atoms with E-state index in [1.165, 1.54) is 28.7 Å². The molecule has 1 amide bonds. The lowest BCUT2D eigenvalue weighted by molar-refractivity contribution is -0.140. The minimum atomic E-state index is -1.05. The van der Waals surface area contributed by atoms with Gasteiger partial charge in [0.1, 0.15) is 5.56 Å². The highest BCUT2D eigenvalue weighted by atomic mass is 19.2. The molecule has 3 aromatic rings. The summed E-state index contributed by atoms with van der Waals surface area (Å²) in [5, 5.41) is 0. The summed E-state index contributed by atoms with van der Waals surface area (Å²) in [5.41, 5.74) is 0.636. The fraction of sp³-hybridized carbons (Fsp3) is 0.208. The summed E-state index contributed by atoms with van der Waals surface area (Å²) in [4.78, 5) is 39.1. The first-order valence-electron chi connectivity index (χ1n) is 9.92. The van der Waals surface area contributed by atoms with E-state index >= 15 is 0 Å². The van der Waals surface area contributed by atoms with Crippen molar-refractivity contribution in [3.63, 3.8) is 0 Å². The van der Waals surface area contributed by atoms with E-state index in [2.05, 4.69) is 4.74 Å². The molecule has 0 aliphatic carbocycles. The second-order valence-electron chi connectivity index (χ2n) is 7.14. The van der Waals surface area contributed by atoms with E-state index in [-0.39, 0.29) is 31.6 Å². The molecule has 8 heteroatoms. The highest BCUT2D eigenvalue weighted by Gasteiger charge is 2.21. The first-order chi connectivity index (χ1) is 15.4. The Balaban J connectivity index is 1.89. The number of rotatable bonds is 8. The maximum Gasteiger partial charge on any atom is 0.307 e. The normalized spacial score (nSPS) is 10.6. The number of hydrogen-bond acceptors (Lipinski definition) is 4. The summed E-state index contributed by atoms with van der Waals surface area (Å²) in [6.45, 7) is 0.115. The largest absolute Gasteiger partial charge is 0.469 e. The Bertz CT molecular complexity index is 1160. The highest BCUT2D eigenvalue weighted by Crippen LogP contribution is 2.13. The van der Waals surface area contributed by atoms with E-state index in [0.29, 0.717) is 5.56 Å². The topological polar surface area (TPSA) is 68.6 Å². The highest BCUT2D eigenvalue weighted by molar-refractivity contribution is 5.94. The number of pyridine rings is 1. The van der Waals surface area contributed by atoms with Crippen LogP contribution in [0.2, 0.25) is 0 Å². The first-order valence-corrected chi connectivity index (χ1v) is 9.92. The van der Waals surface area contributed by atoms with Crippen LogP contribution in [-0.4, -0.2) is 35.0 Å². The predicted molar refractivity (Wildman–Crippen MR) is 114 cm³/mol. The average Bonchev–Trinajstić information content (AvgIpc) is 2.80. The number of hydrogen-bond donors (Lipinski definition) is 0. The molecule has 3 rings (SSSR count). The number of halogens is 2. The number of amides is 1. The fourth-order valence-corrected chi connectivity index (χ4v) is 3.21. The summed E-state index contributed by atoms with van der Waals surface area (Å²) in [6, 6.07) is 15.6. The zero-order valence-electron chi connectivity index (χ0n) is 17.5. The van der Waals surface area contributed by atoms with E-state index in [0.717, 1.165) is 17.7 Å². The third-order valence-corrected chi connectivity index (χ3v) is 4.90. The number of carbonyl (C=O) groups excluding carboxylic acids is 2. The van der Waals surface area contributed by atoms with Crippen molar-refractivity contribution in [1.82, 2.24) is 9.47 Å². The van der Waals surface area contributed by atoms with Crippen LogP contribution in [0.25, 0.3) is 0 Å². The molecule has 166 valence electrons. The molecule has 0 spiro atoms. The minimum absolute atomic E-state index is 0.0580. The van der Waals surface area contributed by atoms with Crippen LogP contribution >= 0.6 is 0 Å². The van der Waals surface area contributed by atoms with E-state index in [1.807, 2.05) is 30.3 Å². The molecule has 0 N–H and O–H groups in total. The van der Waals surface area contributed by atoms with Gasteiger partial charge in [0.2, 0.25) is 0 Å². The van der Waals surface area contributed by atoms with Gasteiger partial charge in [0.25, 0.3) is 11.5 Å². The molecule has 0 radical (unpaired) electrons. The Kier molecular flexibility index (Phi) is 7.49. The second-order valence-corrected chi connectivity index (χ2v) is 7.14. The number of esters is 1. The Morgan fingerprint density at radius 1 is 0.969 bits per heavy atom. The number of nitrogens with zero attached hydrogens (tertiary/aromatic N) is 2. The van der Waals surface area contributed by atoms with Crippen LogP contribution in [0.4, 0.5) is 8.78 Å². The summed E-state index contributed by atoms with van der Waals surface area (Å²) in [5.74, 6) is -3.21. The first kappa shape index (κ1) is 22.9. The standard InChI is InChI=1S/C24H22F2N2O4/c1-32-22(29)11-13-28(16-18-9-10-20(25)21(26)14-18)24(31)19-8-5-12-27(23(19)30)15-17-6-3-2-4-7-17/h2-10,12,14H,11,13,15-16H2,1H3. The number of ether oxygens (including phenoxy) is 1. The number of benzene rings is 2. The molecule has 32 heavy (non-hydrogen) atoms. The maximum atomic E-state index is 13.6. The molecular formula is C24H22F2N2O4. The second kappa shape index (κ2) is 10.5. The smallest absolute Gasteiger partial charge is 0.307 e. The molecule has 1 aromatic heterocycles. The van der Waals surface area contributed by atoms with Crippen LogP contribution in [-0.2, 0) is 22.6 Å². The van der Waals surface area contributed by atoms with Gasteiger partial charge in [-0.05, 0) is 35.4 Å². The molecule has 0 aliphatic rings. The van der Waals surface area contributed by atoms with Crippen LogP contribution in [0.1, 0.15) is 27.9 Å². The van der Waals surface area contributed by atoms with Crippen molar-refractivity contribution >= 4 is 11.9 Å². The molecule has 1 heterocycles. The molecule has 0 saturated carbocycles. The van der Waals surface area contributed by atoms with Gasteiger partial charge in [0.15, 0.2) is 11.6 Å². The Morgan fingerprint density at radius 3 is 2.41 bits per heavy atom. The molecule has 0 fully saturated rings. The van der Waals surface area contributed by atoms with Crippen molar-refractivity contribution in [2.24, 2.45) is 0 Å². The van der Waals surface area contributed by atoms with Crippen molar-refractivity contribution in [3.05, 3.63) is 106 Å². The van der Waals surface area contributed by atoms with Gasteiger partial charge in [-0.15, -0.1) is 0 Å². The third-order valence-electron chi connectivity index (χ3n) is 4.90. The van der Waals surface area contributed by atoms with E-state index in [1.54, 1.807) is 12.3 Å². The van der Waals surface area contributed by atoms with Crippen LogP contribution in [0.15, 0.2) is 71.7 Å². The zero-order chi connectivity index (χ0) is 23.1. The van der Waals surface area contributed by atoms with Crippen molar-refractivity contribution in [1.29, 1.82) is 0 Å². The van der Waals surface area contributed by atoms with Crippen molar-refractivity contribution < 1.29 is 23.1 Å². The molecule has 0 atom stereocenters. The fourth-order valence-electron chi connectivity index (χ4n) is 3.21. The molecule has 2 aromatic carbocycles. The van der Waals surface area contributed by atoms with E-state index < -0.39 is 29.1 Å². The maximum absolute atomic E-state index is 13.6. The Labute approximate surface area is 183 Å². The van der Waals surface area contributed by atoms with Gasteiger partial charge < -0.3 is 14.2 Å². The Morgan fingerprint density at radius 2 is 1.72 bits per heavy atom. The van der Waals surface area contributed by atoms with Gasteiger partial charge in [-0.3, -0.25) is 14.4 Å². The quantitative estimate of drug-likeness (QED) is 0.504. The Hall–Kier alpha value is -3.81. The SMILES string of the molecule is COC(=O)CCN(Cc1ccc(F)c(F)c1)C(=O)c1cccn(Cc2ccccc2)c1=O. The number of carbonyl (C=O) groups is 2. The molecule has 0 unspecified atom stereocenters. The van der Waals surface area contributed by atoms with Crippen LogP contribution < -0.4 is 5.56 Å². The zero-order valence-corrected chi connectivity index (χ0v) is 17.5. The number of aromatic nitrogens is 1. The summed E-state index contributed by atoms with van der Waals surface area (Å²) >= 11 is 0. The van der Waals surface area contributed by atoms with E-state index in [9.17, 15) is 23.2 Å². The minimum Gasteiger partial charge on any atom is -0.469 e. The van der Waals surface area contributed by atoms with Gasteiger partial charge in [-0.25, -0.2) is 8.78 Å². The van der Waals surface area contributed by atoms with Gasteiger partial charge in [0, 0.05) is 19.3 Å². The monoisotopic (exact) mass is 440 g/mol. The molecule has 6 nitrogen and oxygen atoms in total. The van der Waals surface area contributed by atoms with Crippen LogP contribution in [0, 0.1) is 11.6 Å². The molecule has 0 bridgehead atoms. The van der Waals surface area contributed by atoms with Crippen molar-refractivity contribution in [2.45, 2.75) is 19.5 Å². The van der Waals surface area contributed by atoms with Gasteiger partial charge in [-0.1, -0.05) is 36.4 Å². The predicted octanol–water partition coefficient (Wildman–Crippen LogP) is 3.38. The third kappa shape index (κ3) is 5.66. The summed E-state index contributed by atoms with van der Waals surface area (Å²) < 4.78 is 33.0. The molecular weight excluding hydrogens is 418 g/mol. The van der Waals surface area contributed by atoms with E-state index in [4.69, 9.17) is 0 Å². The van der Waals surface area contributed by atoms with Gasteiger partial charge >= 0.3 is 5.97 Å². The lowest BCUT2D eigenvalue weighted by atomic mass is 10.1. The van der Waals surface area contributed by atoms with Crippen molar-refractivity contribution in [2.75, 3.05) is 13.7 Å². The lowest BCUT2D eigenvalue weighted by Gasteiger charge is -2.23. The summed E-state index contributed by atoms with van der Waals surface area (Å²) in [7, 11) is 1.23. The average molecular weight is 440 g/mol. The summed E-state index contributed by atoms with van der Waals surface area (Å²) in [6.07, 6.45) is 1.47. The van der Waals surface area contributed by atoms with Crippen LogP contribution in [0.3, 0.4) is 0 Å². The molecule has 0 aliphatic heterocycles. The number of methoxy groups -OCH3 is 1. The molecule has 0 saturated heterocycles. The van der Waals surface area contributed by atoms with Gasteiger partial charge in [0.05, 0.1) is 20.1 Å². The van der Waals surface area contributed by atoms with Crippen LogP contribution in [0.5, 0.6) is 0 Å². The van der Waals surface area contributed by atoms with Gasteiger partial charge in [-0.2, -0.15) is 0 Å². The van der Waals surface area contributed by atoms with Crippen molar-refractivity contribution in [3.8, 4) is 0 Å².